The van der Waals surface area contributed by atoms with E-state index in [9.17, 15) is 13.4 Å². The minimum atomic E-state index is -2.59. The summed E-state index contributed by atoms with van der Waals surface area (Å²) < 4.78 is 27.6. The highest BCUT2D eigenvalue weighted by molar-refractivity contribution is 7.80. The van der Waals surface area contributed by atoms with E-state index in [2.05, 4.69) is 22.9 Å². The molecule has 1 aliphatic heterocycles. The van der Waals surface area contributed by atoms with Crippen LogP contribution in [0.1, 0.15) is 55.5 Å². The van der Waals surface area contributed by atoms with E-state index < -0.39 is 7.40 Å². The molecule has 2 heterocycles. The van der Waals surface area contributed by atoms with Gasteiger partial charge in [-0.05, 0) is 68.7 Å². The maximum atomic E-state index is 13.3. The van der Waals surface area contributed by atoms with E-state index in [4.69, 9.17) is 0 Å². The molecule has 0 saturated heterocycles. The second-order valence-electron chi connectivity index (χ2n) is 7.00. The minimum absolute atomic E-state index is 0.0146. The summed E-state index contributed by atoms with van der Waals surface area (Å²) in [5.74, 6) is 0.923. The molecule has 4 nitrogen and oxygen atoms in total. The number of aryl methyl sites for hydroxylation is 2. The fourth-order valence-corrected chi connectivity index (χ4v) is 3.43. The summed E-state index contributed by atoms with van der Waals surface area (Å²) in [4.78, 5) is 16.4. The zero-order valence-electron chi connectivity index (χ0n) is 16.5. The molecule has 0 aliphatic carbocycles. The fourth-order valence-electron chi connectivity index (χ4n) is 3.21. The van der Waals surface area contributed by atoms with Crippen LogP contribution in [0.4, 0.5) is 8.63 Å². The molecule has 28 heavy (non-hydrogen) atoms. The molecular weight excluding hydrogens is 379 g/mol. The minimum Gasteiger partial charge on any atom is -0.356 e. The van der Waals surface area contributed by atoms with Crippen LogP contribution < -0.4 is 5.32 Å². The summed E-state index contributed by atoms with van der Waals surface area (Å²) in [7, 11) is -2.59. The van der Waals surface area contributed by atoms with Crippen LogP contribution in [0, 0.1) is 13.8 Å². The maximum Gasteiger partial charge on any atom is 0.677 e. The van der Waals surface area contributed by atoms with Gasteiger partial charge in [0.25, 0.3) is 0 Å². The van der Waals surface area contributed by atoms with Crippen molar-refractivity contribution in [2.75, 3.05) is 12.3 Å². The topological polar surface area (TPSA) is 46.4 Å². The van der Waals surface area contributed by atoms with Gasteiger partial charge in [0, 0.05) is 30.1 Å². The van der Waals surface area contributed by atoms with Gasteiger partial charge in [-0.1, -0.05) is 12.8 Å². The van der Waals surface area contributed by atoms with Crippen molar-refractivity contribution in [3.05, 3.63) is 40.9 Å². The van der Waals surface area contributed by atoms with Crippen molar-refractivity contribution in [3.63, 3.8) is 0 Å². The first-order valence-corrected chi connectivity index (χ1v) is 10.4. The Kier molecular flexibility index (Phi) is 9.02. The summed E-state index contributed by atoms with van der Waals surface area (Å²) in [6, 6.07) is 1.74. The first-order valence-electron chi connectivity index (χ1n) is 9.74. The number of unbranched alkanes of at least 4 members (excludes halogenated alkanes) is 3. The molecule has 8 heteroatoms. The van der Waals surface area contributed by atoms with E-state index in [1.54, 1.807) is 25.1 Å². The number of allylic oxidation sites excluding steroid dienone is 2. The summed E-state index contributed by atoms with van der Waals surface area (Å²) in [6.07, 6.45) is 10.6. The number of halogens is 2. The summed E-state index contributed by atoms with van der Waals surface area (Å²) in [5.41, 5.74) is 3.19. The second kappa shape index (κ2) is 11.2. The number of rotatable bonds is 11. The van der Waals surface area contributed by atoms with Crippen LogP contribution in [0.3, 0.4) is 0 Å². The Morgan fingerprint density at radius 2 is 2.00 bits per heavy atom. The lowest BCUT2D eigenvalue weighted by Gasteiger charge is -2.06. The maximum absolute atomic E-state index is 13.3. The molecule has 1 aromatic heterocycles. The largest absolute Gasteiger partial charge is 0.677 e. The Labute approximate surface area is 171 Å². The van der Waals surface area contributed by atoms with Gasteiger partial charge in [0.15, 0.2) is 0 Å². The van der Waals surface area contributed by atoms with Crippen molar-refractivity contribution in [1.29, 1.82) is 0 Å². The van der Waals surface area contributed by atoms with Crippen LogP contribution in [0.2, 0.25) is 0 Å². The highest BCUT2D eigenvalue weighted by Gasteiger charge is 2.23. The predicted molar refractivity (Wildman–Crippen MR) is 116 cm³/mol. The van der Waals surface area contributed by atoms with Crippen molar-refractivity contribution in [1.82, 2.24) is 9.79 Å². The molecule has 0 fully saturated rings. The van der Waals surface area contributed by atoms with Gasteiger partial charge in [0.1, 0.15) is 0 Å². The Balaban J connectivity index is 1.84. The molecular formula is C20H28BF2N3OS. The lowest BCUT2D eigenvalue weighted by Crippen LogP contribution is -2.24. The third-order valence-electron chi connectivity index (χ3n) is 4.68. The average molecular weight is 407 g/mol. The van der Waals surface area contributed by atoms with E-state index in [-0.39, 0.29) is 5.91 Å². The van der Waals surface area contributed by atoms with Gasteiger partial charge in [-0.3, -0.25) is 18.4 Å². The number of carbonyl (C=O) groups is 1. The third kappa shape index (κ3) is 6.65. The van der Waals surface area contributed by atoms with Crippen molar-refractivity contribution >= 4 is 37.7 Å². The number of amides is 1. The molecule has 1 aliphatic rings. The highest BCUT2D eigenvalue weighted by atomic mass is 32.1. The Bertz CT molecular complexity index is 772. The average Bonchev–Trinajstić information content (AvgIpc) is 3.20. The number of carbonyl (C=O) groups excluding carboxylic acids is 1. The first kappa shape index (κ1) is 22.5. The number of aromatic nitrogens is 1. The molecule has 0 saturated carbocycles. The summed E-state index contributed by atoms with van der Waals surface area (Å²) in [5, 5.41) is 2.93. The van der Waals surface area contributed by atoms with Crippen LogP contribution in [-0.2, 0) is 4.79 Å². The number of nitrogens with one attached hydrogen (secondary N) is 1. The van der Waals surface area contributed by atoms with Crippen LogP contribution in [0.25, 0.3) is 6.08 Å². The second-order valence-corrected chi connectivity index (χ2v) is 7.44. The molecule has 1 aromatic rings. The van der Waals surface area contributed by atoms with E-state index in [1.165, 1.54) is 0 Å². The number of thiol groups is 1. The molecule has 0 unspecified atom stereocenters. The highest BCUT2D eigenvalue weighted by Crippen LogP contribution is 2.22. The normalized spacial score (nSPS) is 14.6. The Hall–Kier alpha value is -1.83. The monoisotopic (exact) mass is 407 g/mol. The molecule has 2 rings (SSSR count). The zero-order valence-corrected chi connectivity index (χ0v) is 17.4. The van der Waals surface area contributed by atoms with Crippen molar-refractivity contribution < 1.29 is 13.4 Å². The van der Waals surface area contributed by atoms with Gasteiger partial charge >= 0.3 is 7.40 Å². The molecule has 0 spiro atoms. The standard InChI is InChI=1S/C20H28BF2N3OS/c1-15-13-16(2)26(21(22)23)19(15)14-18-8-7-17(25-18)9-10-20(27)24-11-5-3-4-6-12-28/h7-8,13-14,28H,3-6,9-12H2,1-2H3,(H,24,27)/b18-14-. The number of aliphatic imine (C=N–C) groups is 1. The van der Waals surface area contributed by atoms with Gasteiger partial charge in [-0.15, -0.1) is 0 Å². The predicted octanol–water partition coefficient (Wildman–Crippen LogP) is 4.62. The van der Waals surface area contributed by atoms with Gasteiger partial charge in [0.05, 0.1) is 5.70 Å². The molecule has 1 amide bonds. The van der Waals surface area contributed by atoms with Gasteiger partial charge in [0.2, 0.25) is 5.91 Å². The van der Waals surface area contributed by atoms with E-state index >= 15 is 0 Å². The van der Waals surface area contributed by atoms with E-state index in [1.807, 2.05) is 13.0 Å². The van der Waals surface area contributed by atoms with Crippen LogP contribution in [-0.4, -0.2) is 35.8 Å². The van der Waals surface area contributed by atoms with Crippen LogP contribution in [0.5, 0.6) is 0 Å². The van der Waals surface area contributed by atoms with Gasteiger partial charge < -0.3 is 9.79 Å². The lowest BCUT2D eigenvalue weighted by atomic mass is 10.1. The number of nitrogens with zero attached hydrogens (tertiary/aromatic N) is 2. The smallest absolute Gasteiger partial charge is 0.356 e. The van der Waals surface area contributed by atoms with Gasteiger partial charge in [-0.2, -0.15) is 12.6 Å². The molecule has 0 aromatic carbocycles. The molecule has 0 radical (unpaired) electrons. The molecule has 0 atom stereocenters. The summed E-state index contributed by atoms with van der Waals surface area (Å²) in [6.45, 7) is 4.17. The number of hydrogen-bond acceptors (Lipinski definition) is 3. The summed E-state index contributed by atoms with van der Waals surface area (Å²) >= 11 is 4.18. The first-order chi connectivity index (χ1) is 13.4. The zero-order chi connectivity index (χ0) is 20.5. The third-order valence-corrected chi connectivity index (χ3v) is 5.00. The Morgan fingerprint density at radius 3 is 2.71 bits per heavy atom. The SMILES string of the molecule is Cc1cc(C)n(B(F)F)c1/C=C1/C=CC(CCC(=O)NCCCCCCS)=N1. The quantitative estimate of drug-likeness (QED) is 0.314. The molecule has 1 N–H and O–H groups in total. The van der Waals surface area contributed by atoms with Gasteiger partial charge in [-0.25, -0.2) is 0 Å². The lowest BCUT2D eigenvalue weighted by molar-refractivity contribution is -0.120. The van der Waals surface area contributed by atoms with Crippen LogP contribution in [0.15, 0.2) is 28.9 Å². The van der Waals surface area contributed by atoms with Crippen molar-refractivity contribution in [3.8, 4) is 0 Å². The van der Waals surface area contributed by atoms with Crippen molar-refractivity contribution in [2.24, 2.45) is 4.99 Å². The fraction of sp³-hybridized carbons (Fsp3) is 0.500. The van der Waals surface area contributed by atoms with E-state index in [0.29, 0.717) is 36.5 Å². The molecule has 152 valence electrons. The molecule has 0 bridgehead atoms. The van der Waals surface area contributed by atoms with Crippen LogP contribution >= 0.6 is 12.6 Å². The van der Waals surface area contributed by atoms with Crippen molar-refractivity contribution in [2.45, 2.75) is 52.4 Å². The number of hydrogen-bond donors (Lipinski definition) is 2. The van der Waals surface area contributed by atoms with E-state index in [0.717, 1.165) is 47.2 Å². The Morgan fingerprint density at radius 1 is 1.25 bits per heavy atom.